The minimum absolute atomic E-state index is 0.211. The molecule has 0 aliphatic heterocycles. The van der Waals surface area contributed by atoms with Crippen molar-refractivity contribution >= 4 is 0 Å². The average Bonchev–Trinajstić information content (AvgIpc) is 2.15. The fourth-order valence-corrected chi connectivity index (χ4v) is 1.58. The van der Waals surface area contributed by atoms with Gasteiger partial charge in [-0.05, 0) is 32.4 Å². The molecule has 0 radical (unpaired) electrons. The van der Waals surface area contributed by atoms with Crippen LogP contribution in [0, 0.1) is 11.8 Å². The highest BCUT2D eigenvalue weighted by atomic mass is 16.3. The molecule has 0 rings (SSSR count). The molecule has 1 N–H and O–H groups in total. The standard InChI is InChI=1S/C11H25NO.C2H6/c1-8(2)7-10(12(5)6)11(13)9(3)4;1-2/h8-11,13H,7H2,1-6H3;1-2H3/t10?,11-;/m0./s1. The second-order valence-corrected chi connectivity index (χ2v) is 4.90. The van der Waals surface area contributed by atoms with Crippen molar-refractivity contribution in [2.24, 2.45) is 11.8 Å². The zero-order valence-corrected chi connectivity index (χ0v) is 11.9. The Labute approximate surface area is 96.7 Å². The Kier molecular flexibility index (Phi) is 10.6. The highest BCUT2D eigenvalue weighted by Gasteiger charge is 2.24. The van der Waals surface area contributed by atoms with Crippen molar-refractivity contribution in [3.8, 4) is 0 Å². The second-order valence-electron chi connectivity index (χ2n) is 4.90. The highest BCUT2D eigenvalue weighted by Crippen LogP contribution is 2.17. The molecule has 2 heteroatoms. The van der Waals surface area contributed by atoms with Crippen LogP contribution in [0.4, 0.5) is 0 Å². The zero-order chi connectivity index (χ0) is 12.6. The zero-order valence-electron chi connectivity index (χ0n) is 11.9. The van der Waals surface area contributed by atoms with Gasteiger partial charge in [0.1, 0.15) is 0 Å². The molecule has 0 aromatic heterocycles. The predicted octanol–water partition coefficient (Wildman–Crippen LogP) is 3.01. The lowest BCUT2D eigenvalue weighted by Gasteiger charge is -2.32. The summed E-state index contributed by atoms with van der Waals surface area (Å²) in [4.78, 5) is 2.13. The number of hydrogen-bond donors (Lipinski definition) is 1. The summed E-state index contributed by atoms with van der Waals surface area (Å²) < 4.78 is 0. The van der Waals surface area contributed by atoms with Gasteiger partial charge in [-0.2, -0.15) is 0 Å². The molecule has 0 spiro atoms. The minimum Gasteiger partial charge on any atom is -0.391 e. The van der Waals surface area contributed by atoms with Crippen LogP contribution < -0.4 is 0 Å². The molecular formula is C13H31NO. The number of likely N-dealkylation sites (N-methyl/N-ethyl adjacent to an activating group) is 1. The molecule has 0 aliphatic rings. The van der Waals surface area contributed by atoms with Crippen LogP contribution in [0.15, 0.2) is 0 Å². The first-order valence-corrected chi connectivity index (χ1v) is 6.20. The Morgan fingerprint density at radius 1 is 1.00 bits per heavy atom. The average molecular weight is 217 g/mol. The van der Waals surface area contributed by atoms with Crippen LogP contribution in [0.25, 0.3) is 0 Å². The Balaban J connectivity index is 0. The molecule has 0 aromatic carbocycles. The van der Waals surface area contributed by atoms with Crippen LogP contribution >= 0.6 is 0 Å². The van der Waals surface area contributed by atoms with Gasteiger partial charge in [-0.15, -0.1) is 0 Å². The number of nitrogens with zero attached hydrogens (tertiary/aromatic N) is 1. The molecule has 0 aromatic rings. The Hall–Kier alpha value is -0.0800. The van der Waals surface area contributed by atoms with Crippen molar-refractivity contribution in [2.45, 2.75) is 60.1 Å². The topological polar surface area (TPSA) is 23.5 Å². The Morgan fingerprint density at radius 3 is 1.60 bits per heavy atom. The SMILES string of the molecule is CC.CC(C)CC([C@@H](O)C(C)C)N(C)C. The first kappa shape index (κ1) is 17.3. The van der Waals surface area contributed by atoms with Gasteiger partial charge in [-0.1, -0.05) is 41.5 Å². The van der Waals surface area contributed by atoms with Gasteiger partial charge in [0.05, 0.1) is 6.10 Å². The summed E-state index contributed by atoms with van der Waals surface area (Å²) in [6.07, 6.45) is 0.851. The smallest absolute Gasteiger partial charge is 0.0718 e. The number of aliphatic hydroxyl groups excluding tert-OH is 1. The van der Waals surface area contributed by atoms with Gasteiger partial charge >= 0.3 is 0 Å². The molecule has 94 valence electrons. The molecule has 1 unspecified atom stereocenters. The maximum absolute atomic E-state index is 9.96. The number of aliphatic hydroxyl groups is 1. The fourth-order valence-electron chi connectivity index (χ4n) is 1.58. The lowest BCUT2D eigenvalue weighted by molar-refractivity contribution is 0.0310. The molecule has 0 saturated carbocycles. The number of rotatable bonds is 5. The molecule has 0 amide bonds. The van der Waals surface area contributed by atoms with Gasteiger partial charge in [0.15, 0.2) is 0 Å². The summed E-state index contributed by atoms with van der Waals surface area (Å²) in [7, 11) is 4.08. The van der Waals surface area contributed by atoms with Gasteiger partial charge in [-0.3, -0.25) is 0 Å². The van der Waals surface area contributed by atoms with Gasteiger partial charge in [-0.25, -0.2) is 0 Å². The third-order valence-electron chi connectivity index (χ3n) is 2.45. The molecule has 0 bridgehead atoms. The van der Waals surface area contributed by atoms with Gasteiger partial charge in [0, 0.05) is 6.04 Å². The molecule has 15 heavy (non-hydrogen) atoms. The molecular weight excluding hydrogens is 186 g/mol. The van der Waals surface area contributed by atoms with Crippen molar-refractivity contribution in [1.29, 1.82) is 0 Å². The van der Waals surface area contributed by atoms with Gasteiger partial charge < -0.3 is 10.0 Å². The summed E-state index contributed by atoms with van der Waals surface area (Å²) in [5, 5.41) is 9.96. The molecule has 2 atom stereocenters. The molecule has 0 fully saturated rings. The van der Waals surface area contributed by atoms with Crippen LogP contribution in [0.3, 0.4) is 0 Å². The maximum atomic E-state index is 9.96. The van der Waals surface area contributed by atoms with Crippen LogP contribution in [-0.2, 0) is 0 Å². The normalized spacial score (nSPS) is 15.2. The van der Waals surface area contributed by atoms with Crippen LogP contribution in [0.2, 0.25) is 0 Å². The summed E-state index contributed by atoms with van der Waals surface area (Å²) in [6.45, 7) is 12.5. The van der Waals surface area contributed by atoms with Crippen LogP contribution in [-0.4, -0.2) is 36.2 Å². The van der Waals surface area contributed by atoms with E-state index in [1.165, 1.54) is 0 Å². The lowest BCUT2D eigenvalue weighted by Crippen LogP contribution is -2.42. The maximum Gasteiger partial charge on any atom is 0.0718 e. The van der Waals surface area contributed by atoms with Crippen molar-refractivity contribution in [3.63, 3.8) is 0 Å². The second kappa shape index (κ2) is 9.17. The Morgan fingerprint density at radius 2 is 1.40 bits per heavy atom. The van der Waals surface area contributed by atoms with Crippen molar-refractivity contribution in [1.82, 2.24) is 4.90 Å². The first-order valence-electron chi connectivity index (χ1n) is 6.20. The van der Waals surface area contributed by atoms with E-state index in [2.05, 4.69) is 32.6 Å². The van der Waals surface area contributed by atoms with Crippen molar-refractivity contribution < 1.29 is 5.11 Å². The van der Waals surface area contributed by atoms with E-state index >= 15 is 0 Å². The monoisotopic (exact) mass is 217 g/mol. The third kappa shape index (κ3) is 7.80. The van der Waals surface area contributed by atoms with E-state index in [0.717, 1.165) is 6.42 Å². The molecule has 0 aliphatic carbocycles. The van der Waals surface area contributed by atoms with E-state index in [4.69, 9.17) is 0 Å². The van der Waals surface area contributed by atoms with E-state index in [1.807, 2.05) is 27.9 Å². The Bertz CT molecular complexity index is 132. The quantitative estimate of drug-likeness (QED) is 0.765. The highest BCUT2D eigenvalue weighted by molar-refractivity contribution is 4.78. The van der Waals surface area contributed by atoms with Crippen LogP contribution in [0.1, 0.15) is 48.0 Å². The predicted molar refractivity (Wildman–Crippen MR) is 69.1 cm³/mol. The van der Waals surface area contributed by atoms with Crippen molar-refractivity contribution in [2.75, 3.05) is 14.1 Å². The number of hydrogen-bond acceptors (Lipinski definition) is 2. The third-order valence-corrected chi connectivity index (χ3v) is 2.45. The summed E-state index contributed by atoms with van der Waals surface area (Å²) in [6, 6.07) is 0.292. The largest absolute Gasteiger partial charge is 0.391 e. The van der Waals surface area contributed by atoms with Crippen molar-refractivity contribution in [3.05, 3.63) is 0 Å². The van der Waals surface area contributed by atoms with E-state index in [-0.39, 0.29) is 6.10 Å². The van der Waals surface area contributed by atoms with E-state index in [0.29, 0.717) is 17.9 Å². The molecule has 0 heterocycles. The van der Waals surface area contributed by atoms with Gasteiger partial charge in [0.25, 0.3) is 0 Å². The summed E-state index contributed by atoms with van der Waals surface area (Å²) in [5.41, 5.74) is 0. The van der Waals surface area contributed by atoms with E-state index < -0.39 is 0 Å². The first-order chi connectivity index (χ1) is 6.86. The summed E-state index contributed by atoms with van der Waals surface area (Å²) in [5.74, 6) is 0.979. The molecule has 0 saturated heterocycles. The minimum atomic E-state index is -0.211. The van der Waals surface area contributed by atoms with Crippen LogP contribution in [0.5, 0.6) is 0 Å². The van der Waals surface area contributed by atoms with E-state index in [9.17, 15) is 5.11 Å². The summed E-state index contributed by atoms with van der Waals surface area (Å²) >= 11 is 0. The van der Waals surface area contributed by atoms with E-state index in [1.54, 1.807) is 0 Å². The lowest BCUT2D eigenvalue weighted by atomic mass is 9.92. The molecule has 2 nitrogen and oxygen atoms in total. The fraction of sp³-hybridized carbons (Fsp3) is 1.00. The van der Waals surface area contributed by atoms with Gasteiger partial charge in [0.2, 0.25) is 0 Å².